The van der Waals surface area contributed by atoms with E-state index in [1.54, 1.807) is 16.8 Å². The standard InChI is InChI=1S/C12H20N2O2S/c1-5-8(2)11(12(15)16-4)14-9(3)10-6-13-7-17-10/h6-9,11,14H,5H2,1-4H3. The number of esters is 1. The smallest absolute Gasteiger partial charge is 0.323 e. The lowest BCUT2D eigenvalue weighted by Gasteiger charge is -2.25. The number of thiazole rings is 1. The maximum Gasteiger partial charge on any atom is 0.323 e. The van der Waals surface area contributed by atoms with Crippen molar-refractivity contribution < 1.29 is 9.53 Å². The molecule has 3 unspecified atom stereocenters. The first-order valence-electron chi connectivity index (χ1n) is 5.82. The van der Waals surface area contributed by atoms with Crippen molar-refractivity contribution in [1.29, 1.82) is 0 Å². The summed E-state index contributed by atoms with van der Waals surface area (Å²) in [5.74, 6) is 0.0496. The molecule has 0 aliphatic rings. The van der Waals surface area contributed by atoms with E-state index in [0.717, 1.165) is 11.3 Å². The average Bonchev–Trinajstić information content (AvgIpc) is 2.87. The van der Waals surface area contributed by atoms with Crippen LogP contribution in [0.25, 0.3) is 0 Å². The van der Waals surface area contributed by atoms with Crippen molar-refractivity contribution in [2.45, 2.75) is 39.3 Å². The van der Waals surface area contributed by atoms with Gasteiger partial charge in [-0.2, -0.15) is 0 Å². The first-order chi connectivity index (χ1) is 8.10. The molecule has 1 N–H and O–H groups in total. The van der Waals surface area contributed by atoms with Gasteiger partial charge in [0.1, 0.15) is 6.04 Å². The van der Waals surface area contributed by atoms with Crippen LogP contribution in [0.1, 0.15) is 38.1 Å². The zero-order valence-electron chi connectivity index (χ0n) is 10.8. The molecule has 0 aliphatic carbocycles. The quantitative estimate of drug-likeness (QED) is 0.794. The number of hydrogen-bond acceptors (Lipinski definition) is 5. The van der Waals surface area contributed by atoms with E-state index in [1.807, 2.05) is 20.0 Å². The van der Waals surface area contributed by atoms with Crippen molar-refractivity contribution in [1.82, 2.24) is 10.3 Å². The van der Waals surface area contributed by atoms with Crippen LogP contribution in [0.4, 0.5) is 0 Å². The molecule has 1 rings (SSSR count). The van der Waals surface area contributed by atoms with Crippen LogP contribution in [0.3, 0.4) is 0 Å². The van der Waals surface area contributed by atoms with Gasteiger partial charge in [-0.15, -0.1) is 11.3 Å². The minimum atomic E-state index is -0.262. The predicted octanol–water partition coefficient (Wildman–Crippen LogP) is 2.38. The number of carbonyl (C=O) groups excluding carboxylic acids is 1. The average molecular weight is 256 g/mol. The number of rotatable bonds is 6. The summed E-state index contributed by atoms with van der Waals surface area (Å²) < 4.78 is 4.84. The first kappa shape index (κ1) is 14.1. The van der Waals surface area contributed by atoms with Gasteiger partial charge in [0.2, 0.25) is 0 Å². The Hall–Kier alpha value is -0.940. The van der Waals surface area contributed by atoms with E-state index in [9.17, 15) is 4.79 Å². The van der Waals surface area contributed by atoms with E-state index in [2.05, 4.69) is 17.2 Å². The summed E-state index contributed by atoms with van der Waals surface area (Å²) in [4.78, 5) is 16.9. The zero-order chi connectivity index (χ0) is 12.8. The lowest BCUT2D eigenvalue weighted by atomic mass is 9.98. The monoisotopic (exact) mass is 256 g/mol. The van der Waals surface area contributed by atoms with Crippen LogP contribution in [0.5, 0.6) is 0 Å². The Balaban J connectivity index is 2.69. The van der Waals surface area contributed by atoms with Gasteiger partial charge in [-0.05, 0) is 12.8 Å². The topological polar surface area (TPSA) is 51.2 Å². The fourth-order valence-corrected chi connectivity index (χ4v) is 2.26. The Kier molecular flexibility index (Phi) is 5.58. The molecule has 0 aliphatic heterocycles. The van der Waals surface area contributed by atoms with Crippen LogP contribution < -0.4 is 5.32 Å². The van der Waals surface area contributed by atoms with Gasteiger partial charge in [-0.25, -0.2) is 0 Å². The van der Waals surface area contributed by atoms with E-state index < -0.39 is 0 Å². The zero-order valence-corrected chi connectivity index (χ0v) is 11.6. The van der Waals surface area contributed by atoms with Gasteiger partial charge in [0.25, 0.3) is 0 Å². The molecule has 1 aromatic rings. The van der Waals surface area contributed by atoms with E-state index in [0.29, 0.717) is 0 Å². The van der Waals surface area contributed by atoms with Crippen LogP contribution in [0, 0.1) is 5.92 Å². The molecule has 3 atom stereocenters. The van der Waals surface area contributed by atoms with E-state index in [1.165, 1.54) is 7.11 Å². The molecular formula is C12H20N2O2S. The SMILES string of the molecule is CCC(C)C(NC(C)c1cncs1)C(=O)OC. The molecule has 4 nitrogen and oxygen atoms in total. The highest BCUT2D eigenvalue weighted by Gasteiger charge is 2.26. The Morgan fingerprint density at radius 3 is 2.76 bits per heavy atom. The van der Waals surface area contributed by atoms with Gasteiger partial charge < -0.3 is 4.74 Å². The molecule has 0 amide bonds. The summed E-state index contributed by atoms with van der Waals surface area (Å²) in [6.07, 6.45) is 2.76. The number of hydrogen-bond donors (Lipinski definition) is 1. The molecule has 96 valence electrons. The van der Waals surface area contributed by atoms with Crippen LogP contribution in [0.15, 0.2) is 11.7 Å². The summed E-state index contributed by atoms with van der Waals surface area (Å²) in [5, 5.41) is 3.32. The highest BCUT2D eigenvalue weighted by Crippen LogP contribution is 2.19. The Morgan fingerprint density at radius 2 is 2.29 bits per heavy atom. The lowest BCUT2D eigenvalue weighted by Crippen LogP contribution is -2.43. The fourth-order valence-electron chi connectivity index (χ4n) is 1.62. The van der Waals surface area contributed by atoms with Gasteiger partial charge in [0, 0.05) is 17.1 Å². The van der Waals surface area contributed by atoms with Crippen LogP contribution in [0.2, 0.25) is 0 Å². The maximum absolute atomic E-state index is 11.7. The van der Waals surface area contributed by atoms with E-state index in [-0.39, 0.29) is 24.0 Å². The molecule has 0 aromatic carbocycles. The lowest BCUT2D eigenvalue weighted by molar-refractivity contribution is -0.144. The van der Waals surface area contributed by atoms with Gasteiger partial charge in [0.15, 0.2) is 0 Å². The Labute approximate surface area is 106 Å². The molecule has 0 fully saturated rings. The summed E-state index contributed by atoms with van der Waals surface area (Å²) in [7, 11) is 1.43. The minimum Gasteiger partial charge on any atom is -0.468 e. The molecule has 1 aromatic heterocycles. The second-order valence-corrected chi connectivity index (χ2v) is 5.10. The van der Waals surface area contributed by atoms with Crippen molar-refractivity contribution in [3.8, 4) is 0 Å². The van der Waals surface area contributed by atoms with Crippen LogP contribution >= 0.6 is 11.3 Å². The minimum absolute atomic E-state index is 0.112. The van der Waals surface area contributed by atoms with Crippen LogP contribution in [-0.4, -0.2) is 24.1 Å². The van der Waals surface area contributed by atoms with E-state index >= 15 is 0 Å². The van der Waals surface area contributed by atoms with Crippen molar-refractivity contribution in [3.05, 3.63) is 16.6 Å². The summed E-state index contributed by atoms with van der Waals surface area (Å²) in [6, 6.07) is -0.150. The van der Waals surface area contributed by atoms with Gasteiger partial charge >= 0.3 is 5.97 Å². The number of methoxy groups -OCH3 is 1. The second-order valence-electron chi connectivity index (χ2n) is 4.18. The summed E-state index contributed by atoms with van der Waals surface area (Å²) in [6.45, 7) is 6.15. The third kappa shape index (κ3) is 3.78. The van der Waals surface area contributed by atoms with Crippen molar-refractivity contribution in [2.75, 3.05) is 7.11 Å². The molecule has 0 radical (unpaired) electrons. The third-order valence-electron chi connectivity index (χ3n) is 2.98. The van der Waals surface area contributed by atoms with Crippen molar-refractivity contribution in [3.63, 3.8) is 0 Å². The fraction of sp³-hybridized carbons (Fsp3) is 0.667. The second kappa shape index (κ2) is 6.71. The van der Waals surface area contributed by atoms with Crippen molar-refractivity contribution >= 4 is 17.3 Å². The molecule has 1 heterocycles. The molecular weight excluding hydrogens is 236 g/mol. The first-order valence-corrected chi connectivity index (χ1v) is 6.70. The third-order valence-corrected chi connectivity index (χ3v) is 3.93. The van der Waals surface area contributed by atoms with Crippen molar-refractivity contribution in [2.24, 2.45) is 5.92 Å². The van der Waals surface area contributed by atoms with Crippen LogP contribution in [-0.2, 0) is 9.53 Å². The Morgan fingerprint density at radius 1 is 1.59 bits per heavy atom. The highest BCUT2D eigenvalue weighted by atomic mass is 32.1. The molecule has 17 heavy (non-hydrogen) atoms. The number of nitrogens with one attached hydrogen (secondary N) is 1. The molecule has 0 bridgehead atoms. The van der Waals surface area contributed by atoms with Gasteiger partial charge in [-0.3, -0.25) is 15.1 Å². The Bertz CT molecular complexity index is 340. The summed E-state index contributed by atoms with van der Waals surface area (Å²) >= 11 is 1.59. The highest BCUT2D eigenvalue weighted by molar-refractivity contribution is 7.09. The predicted molar refractivity (Wildman–Crippen MR) is 68.9 cm³/mol. The van der Waals surface area contributed by atoms with Gasteiger partial charge in [-0.1, -0.05) is 20.3 Å². The number of aromatic nitrogens is 1. The molecule has 0 saturated heterocycles. The molecule has 0 saturated carbocycles. The number of carbonyl (C=O) groups is 1. The number of ether oxygens (including phenoxy) is 1. The maximum atomic E-state index is 11.7. The number of nitrogens with zero attached hydrogens (tertiary/aromatic N) is 1. The molecule has 5 heteroatoms. The largest absolute Gasteiger partial charge is 0.468 e. The normalized spacial score (nSPS) is 16.2. The summed E-state index contributed by atoms with van der Waals surface area (Å²) in [5.41, 5.74) is 1.80. The van der Waals surface area contributed by atoms with E-state index in [4.69, 9.17) is 4.74 Å². The molecule has 0 spiro atoms. The van der Waals surface area contributed by atoms with Gasteiger partial charge in [0.05, 0.1) is 12.6 Å².